The minimum absolute atomic E-state index is 0.0416. The van der Waals surface area contributed by atoms with Crippen molar-refractivity contribution in [1.29, 1.82) is 0 Å². The van der Waals surface area contributed by atoms with E-state index in [1.54, 1.807) is 0 Å². The minimum Gasteiger partial charge on any atom is -0.344 e. The van der Waals surface area contributed by atoms with Crippen LogP contribution in [0, 0.1) is 11.7 Å². The van der Waals surface area contributed by atoms with Crippen LogP contribution < -0.4 is 5.73 Å². The second kappa shape index (κ2) is 5.31. The lowest BCUT2D eigenvalue weighted by molar-refractivity contribution is -0.284. The molecule has 1 aromatic rings. The van der Waals surface area contributed by atoms with E-state index in [-0.39, 0.29) is 22.5 Å². The number of rotatable bonds is 2. The van der Waals surface area contributed by atoms with Crippen LogP contribution in [0.1, 0.15) is 12.5 Å². The fourth-order valence-corrected chi connectivity index (χ4v) is 2.37. The Bertz CT molecular complexity index is 448. The maximum absolute atomic E-state index is 13.6. The Morgan fingerprint density at radius 1 is 1.33 bits per heavy atom. The highest BCUT2D eigenvalue weighted by molar-refractivity contribution is 6.35. The molecule has 1 saturated heterocycles. The highest BCUT2D eigenvalue weighted by atomic mass is 35.5. The fraction of sp³-hybridized carbons (Fsp3) is 0.500. The molecule has 0 amide bonds. The molecule has 0 saturated carbocycles. The minimum atomic E-state index is -1.19. The molecule has 18 heavy (non-hydrogen) atoms. The van der Waals surface area contributed by atoms with Gasteiger partial charge in [0.05, 0.1) is 29.8 Å². The van der Waals surface area contributed by atoms with Crippen molar-refractivity contribution in [3.8, 4) is 0 Å². The van der Waals surface area contributed by atoms with Gasteiger partial charge in [-0.1, -0.05) is 30.1 Å². The summed E-state index contributed by atoms with van der Waals surface area (Å²) in [4.78, 5) is 0. The monoisotopic (exact) mass is 293 g/mol. The van der Waals surface area contributed by atoms with Crippen LogP contribution in [0.5, 0.6) is 0 Å². The first-order valence-electron chi connectivity index (χ1n) is 5.61. The summed E-state index contributed by atoms with van der Waals surface area (Å²) in [5.74, 6) is -1.50. The van der Waals surface area contributed by atoms with Crippen LogP contribution in [0.15, 0.2) is 12.1 Å². The Hall–Kier alpha value is -0.390. The first kappa shape index (κ1) is 14.0. The van der Waals surface area contributed by atoms with Gasteiger partial charge < -0.3 is 15.2 Å². The fourth-order valence-electron chi connectivity index (χ4n) is 1.84. The number of halogens is 3. The maximum Gasteiger partial charge on any atom is 0.209 e. The summed E-state index contributed by atoms with van der Waals surface area (Å²) < 4.78 is 24.8. The number of hydrogen-bond donors (Lipinski definition) is 1. The Morgan fingerprint density at radius 2 is 1.94 bits per heavy atom. The lowest BCUT2D eigenvalue weighted by Gasteiger charge is -2.39. The van der Waals surface area contributed by atoms with E-state index in [2.05, 4.69) is 0 Å². The maximum atomic E-state index is 13.6. The van der Waals surface area contributed by atoms with Crippen molar-refractivity contribution >= 4 is 23.2 Å². The summed E-state index contributed by atoms with van der Waals surface area (Å²) in [6.45, 7) is 3.01. The highest BCUT2D eigenvalue weighted by Crippen LogP contribution is 2.37. The van der Waals surface area contributed by atoms with E-state index >= 15 is 0 Å². The molecular weight excluding hydrogens is 280 g/mol. The molecule has 0 spiro atoms. The predicted octanol–water partition coefficient (Wildman–Crippen LogP) is 2.93. The molecule has 0 radical (unpaired) electrons. The molecule has 2 N–H and O–H groups in total. The molecule has 0 unspecified atom stereocenters. The van der Waals surface area contributed by atoms with E-state index in [1.165, 1.54) is 12.1 Å². The first-order chi connectivity index (χ1) is 8.48. The van der Waals surface area contributed by atoms with Crippen molar-refractivity contribution in [2.75, 3.05) is 19.8 Å². The van der Waals surface area contributed by atoms with Gasteiger partial charge in [0.15, 0.2) is 0 Å². The van der Waals surface area contributed by atoms with Crippen LogP contribution in [0.25, 0.3) is 0 Å². The third kappa shape index (κ3) is 2.49. The van der Waals surface area contributed by atoms with Crippen molar-refractivity contribution in [3.05, 3.63) is 33.6 Å². The second-order valence-electron chi connectivity index (χ2n) is 4.43. The van der Waals surface area contributed by atoms with E-state index in [0.29, 0.717) is 18.8 Å². The largest absolute Gasteiger partial charge is 0.344 e. The van der Waals surface area contributed by atoms with Crippen LogP contribution in [0.2, 0.25) is 10.0 Å². The van der Waals surface area contributed by atoms with Gasteiger partial charge in [-0.15, -0.1) is 0 Å². The Labute approximate surface area is 115 Å². The Morgan fingerprint density at radius 3 is 2.50 bits per heavy atom. The van der Waals surface area contributed by atoms with Crippen molar-refractivity contribution in [2.45, 2.75) is 12.7 Å². The molecule has 1 fully saturated rings. The van der Waals surface area contributed by atoms with Crippen molar-refractivity contribution in [2.24, 2.45) is 11.7 Å². The van der Waals surface area contributed by atoms with E-state index < -0.39 is 11.6 Å². The summed E-state index contributed by atoms with van der Waals surface area (Å²) in [6, 6.07) is 2.55. The lowest BCUT2D eigenvalue weighted by Crippen LogP contribution is -2.46. The molecule has 100 valence electrons. The summed E-state index contributed by atoms with van der Waals surface area (Å²) in [7, 11) is 0. The SMILES string of the molecule is CC1COC(CN)(c2cc(F)c(Cl)cc2Cl)OC1. The number of nitrogens with two attached hydrogens (primary N) is 1. The van der Waals surface area contributed by atoms with Crippen molar-refractivity contribution in [3.63, 3.8) is 0 Å². The summed E-state index contributed by atoms with van der Waals surface area (Å²) in [5.41, 5.74) is 6.08. The van der Waals surface area contributed by atoms with Gasteiger partial charge in [0, 0.05) is 11.5 Å². The molecule has 0 aliphatic carbocycles. The summed E-state index contributed by atoms with van der Waals surface area (Å²) in [5, 5.41) is 0.238. The zero-order valence-corrected chi connectivity index (χ0v) is 11.4. The third-order valence-electron chi connectivity index (χ3n) is 2.89. The highest BCUT2D eigenvalue weighted by Gasteiger charge is 2.39. The topological polar surface area (TPSA) is 44.5 Å². The molecule has 3 nitrogen and oxygen atoms in total. The van der Waals surface area contributed by atoms with Gasteiger partial charge in [-0.05, 0) is 12.1 Å². The molecule has 2 rings (SSSR count). The molecule has 1 aliphatic rings. The Kier molecular flexibility index (Phi) is 4.14. The molecule has 0 atom stereocenters. The third-order valence-corrected chi connectivity index (χ3v) is 3.49. The quantitative estimate of drug-likeness (QED) is 0.853. The van der Waals surface area contributed by atoms with Crippen LogP contribution in [-0.2, 0) is 15.3 Å². The van der Waals surface area contributed by atoms with E-state index in [0.717, 1.165) is 0 Å². The average Bonchev–Trinajstić information content (AvgIpc) is 2.36. The molecule has 0 bridgehead atoms. The van der Waals surface area contributed by atoms with Gasteiger partial charge in [-0.2, -0.15) is 0 Å². The Balaban J connectivity index is 2.41. The van der Waals surface area contributed by atoms with E-state index in [1.807, 2.05) is 6.92 Å². The van der Waals surface area contributed by atoms with Crippen LogP contribution in [0.4, 0.5) is 4.39 Å². The second-order valence-corrected chi connectivity index (χ2v) is 5.24. The van der Waals surface area contributed by atoms with Crippen LogP contribution in [0.3, 0.4) is 0 Å². The number of ether oxygens (including phenoxy) is 2. The first-order valence-corrected chi connectivity index (χ1v) is 6.37. The zero-order chi connectivity index (χ0) is 13.3. The number of hydrogen-bond acceptors (Lipinski definition) is 3. The van der Waals surface area contributed by atoms with Gasteiger partial charge in [-0.3, -0.25) is 0 Å². The normalized spacial score (nSPS) is 28.4. The van der Waals surface area contributed by atoms with Crippen LogP contribution >= 0.6 is 23.2 Å². The van der Waals surface area contributed by atoms with Crippen LogP contribution in [-0.4, -0.2) is 19.8 Å². The van der Waals surface area contributed by atoms with E-state index in [4.69, 9.17) is 38.4 Å². The van der Waals surface area contributed by atoms with Gasteiger partial charge in [0.2, 0.25) is 5.79 Å². The van der Waals surface area contributed by atoms with Crippen molar-refractivity contribution in [1.82, 2.24) is 0 Å². The van der Waals surface area contributed by atoms with Gasteiger partial charge in [0.25, 0.3) is 0 Å². The zero-order valence-electron chi connectivity index (χ0n) is 9.88. The summed E-state index contributed by atoms with van der Waals surface area (Å²) >= 11 is 11.7. The van der Waals surface area contributed by atoms with Crippen molar-refractivity contribution < 1.29 is 13.9 Å². The predicted molar refractivity (Wildman–Crippen MR) is 68.2 cm³/mol. The van der Waals surface area contributed by atoms with Gasteiger partial charge >= 0.3 is 0 Å². The molecule has 1 aromatic carbocycles. The van der Waals surface area contributed by atoms with Gasteiger partial charge in [-0.25, -0.2) is 4.39 Å². The van der Waals surface area contributed by atoms with E-state index in [9.17, 15) is 4.39 Å². The number of benzene rings is 1. The standard InChI is InChI=1S/C12H14Cl2FNO2/c1-7-4-17-12(6-16,18-5-7)8-2-11(15)10(14)3-9(8)13/h2-3,7H,4-6,16H2,1H3. The lowest BCUT2D eigenvalue weighted by atomic mass is 10.0. The summed E-state index contributed by atoms with van der Waals surface area (Å²) in [6.07, 6.45) is 0. The smallest absolute Gasteiger partial charge is 0.209 e. The molecule has 0 aromatic heterocycles. The molecule has 6 heteroatoms. The van der Waals surface area contributed by atoms with Gasteiger partial charge in [0.1, 0.15) is 5.82 Å². The molecule has 1 aliphatic heterocycles. The molecular formula is C12H14Cl2FNO2. The average molecular weight is 294 g/mol. The molecule has 1 heterocycles.